The van der Waals surface area contributed by atoms with Crippen molar-refractivity contribution < 1.29 is 19.1 Å². The minimum atomic E-state index is -1.31. The van der Waals surface area contributed by atoms with Crippen LogP contribution in [0, 0.1) is 16.0 Å². The van der Waals surface area contributed by atoms with Gasteiger partial charge in [0.15, 0.2) is 5.79 Å². The molecule has 1 saturated heterocycles. The van der Waals surface area contributed by atoms with Crippen molar-refractivity contribution in [3.05, 3.63) is 34.4 Å². The maximum absolute atomic E-state index is 12.2. The summed E-state index contributed by atoms with van der Waals surface area (Å²) in [4.78, 5) is 12.1. The lowest BCUT2D eigenvalue weighted by Gasteiger charge is -2.45. The highest BCUT2D eigenvalue weighted by Crippen LogP contribution is 2.38. The minimum Gasteiger partial charge on any atom is -0.497 e. The van der Waals surface area contributed by atoms with Gasteiger partial charge in [0.05, 0.1) is 7.11 Å². The smallest absolute Gasteiger partial charge is 0.287 e. The Hall–Kier alpha value is -1.86. The molecule has 1 heterocycles. The molecule has 1 aliphatic heterocycles. The van der Waals surface area contributed by atoms with Crippen LogP contribution in [0.5, 0.6) is 5.75 Å². The predicted molar refractivity (Wildman–Crippen MR) is 103 cm³/mol. The van der Waals surface area contributed by atoms with E-state index in [9.17, 15) is 10.1 Å². The van der Waals surface area contributed by atoms with E-state index in [0.29, 0.717) is 0 Å². The largest absolute Gasteiger partial charge is 0.497 e. The summed E-state index contributed by atoms with van der Waals surface area (Å²) in [6, 6.07) is 7.15. The summed E-state index contributed by atoms with van der Waals surface area (Å²) < 4.78 is 16.7. The molecule has 1 aromatic carbocycles. The Bertz CT molecular complexity index is 630. The third-order valence-corrected chi connectivity index (χ3v) is 5.82. The van der Waals surface area contributed by atoms with Crippen molar-refractivity contribution in [2.75, 3.05) is 25.6 Å². The van der Waals surface area contributed by atoms with Crippen molar-refractivity contribution in [2.45, 2.75) is 63.3 Å². The van der Waals surface area contributed by atoms with Crippen LogP contribution in [0.25, 0.3) is 0 Å². The molecule has 0 aromatic heterocycles. The molecule has 0 amide bonds. The van der Waals surface area contributed by atoms with Crippen molar-refractivity contribution in [1.29, 1.82) is 0 Å². The number of nitrogens with one attached hydrogen (secondary N) is 1. The van der Waals surface area contributed by atoms with E-state index in [4.69, 9.17) is 14.2 Å². The fourth-order valence-corrected chi connectivity index (χ4v) is 4.10. The average molecular weight is 378 g/mol. The van der Waals surface area contributed by atoms with Gasteiger partial charge in [0.1, 0.15) is 25.0 Å². The van der Waals surface area contributed by atoms with E-state index >= 15 is 0 Å². The minimum absolute atomic E-state index is 0.0390. The third kappa shape index (κ3) is 4.35. The van der Waals surface area contributed by atoms with Gasteiger partial charge in [0, 0.05) is 10.6 Å². The lowest BCUT2D eigenvalue weighted by atomic mass is 9.75. The molecule has 1 aliphatic carbocycles. The summed E-state index contributed by atoms with van der Waals surface area (Å²) in [5.74, 6) is 0.168. The number of nitrogens with zero attached hydrogens (tertiary/aromatic N) is 1. The van der Waals surface area contributed by atoms with Crippen LogP contribution in [0.2, 0.25) is 0 Å². The first-order valence-electron chi connectivity index (χ1n) is 9.69. The predicted octanol–water partition coefficient (Wildman–Crippen LogP) is 3.85. The fourth-order valence-electron chi connectivity index (χ4n) is 4.10. The maximum atomic E-state index is 12.2. The molecule has 7 heteroatoms. The molecule has 1 saturated carbocycles. The maximum Gasteiger partial charge on any atom is 0.287 e. The van der Waals surface area contributed by atoms with Gasteiger partial charge < -0.3 is 19.5 Å². The van der Waals surface area contributed by atoms with Crippen molar-refractivity contribution in [3.8, 4) is 5.75 Å². The van der Waals surface area contributed by atoms with E-state index in [1.54, 1.807) is 21.0 Å². The molecule has 0 radical (unpaired) electrons. The highest BCUT2D eigenvalue weighted by atomic mass is 16.7. The van der Waals surface area contributed by atoms with Crippen LogP contribution < -0.4 is 10.1 Å². The molecule has 150 valence electrons. The summed E-state index contributed by atoms with van der Waals surface area (Å²) in [6.07, 6.45) is 5.36. The molecule has 0 bridgehead atoms. The van der Waals surface area contributed by atoms with E-state index in [1.165, 1.54) is 6.42 Å². The molecule has 1 N–H and O–H groups in total. The van der Waals surface area contributed by atoms with Crippen LogP contribution in [0.1, 0.15) is 46.0 Å². The Morgan fingerprint density at radius 1 is 1.15 bits per heavy atom. The van der Waals surface area contributed by atoms with Gasteiger partial charge in [0.25, 0.3) is 5.54 Å². The van der Waals surface area contributed by atoms with Gasteiger partial charge in [-0.15, -0.1) is 0 Å². The quantitative estimate of drug-likeness (QED) is 0.598. The first-order chi connectivity index (χ1) is 12.9. The van der Waals surface area contributed by atoms with E-state index < -0.39 is 11.3 Å². The van der Waals surface area contributed by atoms with Gasteiger partial charge in [-0.3, -0.25) is 10.1 Å². The molecular formula is C20H30N2O5. The standard InChI is InChI=1S/C20H30N2O5/c1-19(2)26-13-20(14-27-19,22(23)24)18(15-7-5-4-6-8-15)21-16-9-11-17(25-3)12-10-16/h9-12,15,18,21H,4-8,13-14H2,1-3H3. The number of rotatable bonds is 6. The summed E-state index contributed by atoms with van der Waals surface area (Å²) in [6.45, 7) is 3.67. The number of hydrogen-bond donors (Lipinski definition) is 1. The zero-order chi connectivity index (χ0) is 19.5. The number of benzene rings is 1. The molecule has 7 nitrogen and oxygen atoms in total. The Kier molecular flexibility index (Phi) is 5.91. The van der Waals surface area contributed by atoms with Crippen LogP contribution in [-0.2, 0) is 9.47 Å². The molecule has 1 unspecified atom stereocenters. The van der Waals surface area contributed by atoms with E-state index in [0.717, 1.165) is 37.1 Å². The van der Waals surface area contributed by atoms with Gasteiger partial charge in [-0.1, -0.05) is 19.3 Å². The van der Waals surface area contributed by atoms with Crippen LogP contribution in [0.15, 0.2) is 24.3 Å². The highest BCUT2D eigenvalue weighted by molar-refractivity contribution is 5.48. The van der Waals surface area contributed by atoms with Crippen LogP contribution in [0.4, 0.5) is 5.69 Å². The second-order valence-corrected chi connectivity index (χ2v) is 8.09. The zero-order valence-corrected chi connectivity index (χ0v) is 16.4. The van der Waals surface area contributed by atoms with Crippen LogP contribution >= 0.6 is 0 Å². The zero-order valence-electron chi connectivity index (χ0n) is 16.4. The molecule has 27 heavy (non-hydrogen) atoms. The number of methoxy groups -OCH3 is 1. The number of nitro groups is 1. The molecular weight excluding hydrogens is 348 g/mol. The van der Waals surface area contributed by atoms with Crippen molar-refractivity contribution >= 4 is 5.69 Å². The van der Waals surface area contributed by atoms with Gasteiger partial charge >= 0.3 is 0 Å². The average Bonchev–Trinajstić information content (AvgIpc) is 2.68. The second kappa shape index (κ2) is 8.02. The second-order valence-electron chi connectivity index (χ2n) is 8.09. The molecule has 2 fully saturated rings. The van der Waals surface area contributed by atoms with Crippen LogP contribution in [0.3, 0.4) is 0 Å². The van der Waals surface area contributed by atoms with E-state index in [1.807, 2.05) is 24.3 Å². The Balaban J connectivity index is 1.90. The molecule has 2 aliphatic rings. The Morgan fingerprint density at radius 2 is 1.74 bits per heavy atom. The number of anilines is 1. The first kappa shape index (κ1) is 19.9. The van der Waals surface area contributed by atoms with Gasteiger partial charge in [-0.05, 0) is 56.9 Å². The van der Waals surface area contributed by atoms with E-state index in [2.05, 4.69) is 5.32 Å². The summed E-state index contributed by atoms with van der Waals surface area (Å²) in [5.41, 5.74) is -0.463. The lowest BCUT2D eigenvalue weighted by Crippen LogP contribution is -2.66. The number of hydrogen-bond acceptors (Lipinski definition) is 6. The summed E-state index contributed by atoms with van der Waals surface area (Å²) >= 11 is 0. The van der Waals surface area contributed by atoms with Crippen molar-refractivity contribution in [3.63, 3.8) is 0 Å². The highest BCUT2D eigenvalue weighted by Gasteiger charge is 2.58. The summed E-state index contributed by atoms with van der Waals surface area (Å²) in [5, 5.41) is 15.7. The van der Waals surface area contributed by atoms with Crippen molar-refractivity contribution in [1.82, 2.24) is 0 Å². The van der Waals surface area contributed by atoms with Crippen molar-refractivity contribution in [2.24, 2.45) is 5.92 Å². The molecule has 1 atom stereocenters. The Labute approximate surface area is 160 Å². The molecule has 3 rings (SSSR count). The first-order valence-corrected chi connectivity index (χ1v) is 9.69. The van der Waals surface area contributed by atoms with Gasteiger partial charge in [0.2, 0.25) is 0 Å². The normalized spacial score (nSPS) is 23.4. The van der Waals surface area contributed by atoms with Crippen LogP contribution in [-0.4, -0.2) is 42.6 Å². The Morgan fingerprint density at radius 3 is 2.26 bits per heavy atom. The number of ether oxygens (including phenoxy) is 3. The molecule has 0 spiro atoms. The van der Waals surface area contributed by atoms with Gasteiger partial charge in [-0.25, -0.2) is 0 Å². The fraction of sp³-hybridized carbons (Fsp3) is 0.700. The topological polar surface area (TPSA) is 82.9 Å². The summed E-state index contributed by atoms with van der Waals surface area (Å²) in [7, 11) is 1.62. The van der Waals surface area contributed by atoms with Gasteiger partial charge in [-0.2, -0.15) is 0 Å². The SMILES string of the molecule is COc1ccc(NC(C2CCCCC2)C2([N+](=O)[O-])COC(C)(C)OC2)cc1. The third-order valence-electron chi connectivity index (χ3n) is 5.82. The van der Waals surface area contributed by atoms with E-state index in [-0.39, 0.29) is 30.1 Å². The monoisotopic (exact) mass is 378 g/mol. The lowest BCUT2D eigenvalue weighted by molar-refractivity contribution is -0.599. The molecule has 1 aromatic rings.